The second-order valence-corrected chi connectivity index (χ2v) is 6.77. The predicted octanol–water partition coefficient (Wildman–Crippen LogP) is 2.80. The molecule has 2 aromatic rings. The van der Waals surface area contributed by atoms with Gasteiger partial charge in [-0.05, 0) is 60.0 Å². The lowest BCUT2D eigenvalue weighted by Crippen LogP contribution is -2.33. The first-order valence-electron chi connectivity index (χ1n) is 8.19. The molecule has 6 rings (SSSR count). The Balaban J connectivity index is 1.74. The van der Waals surface area contributed by atoms with Crippen LogP contribution in [0.15, 0.2) is 24.3 Å². The van der Waals surface area contributed by atoms with E-state index in [4.69, 9.17) is 14.2 Å². The maximum absolute atomic E-state index is 10.3. The molecule has 0 saturated heterocycles. The van der Waals surface area contributed by atoms with Crippen molar-refractivity contribution in [1.29, 1.82) is 0 Å². The van der Waals surface area contributed by atoms with Gasteiger partial charge >= 0.3 is 0 Å². The number of aromatic hydroxyl groups is 1. The van der Waals surface area contributed by atoms with Crippen molar-refractivity contribution < 1.29 is 19.3 Å². The van der Waals surface area contributed by atoms with E-state index in [0.717, 1.165) is 24.5 Å². The fraction of sp³-hybridized carbons (Fsp3) is 0.368. The fourth-order valence-corrected chi connectivity index (χ4v) is 4.35. The van der Waals surface area contributed by atoms with E-state index in [-0.39, 0.29) is 17.7 Å². The zero-order valence-corrected chi connectivity index (χ0v) is 13.7. The minimum absolute atomic E-state index is 0.203. The first-order chi connectivity index (χ1) is 11.7. The molecular weight excluding hydrogens is 306 g/mol. The largest absolute Gasteiger partial charge is 0.504 e. The Kier molecular flexibility index (Phi) is 2.80. The van der Waals surface area contributed by atoms with Crippen LogP contribution in [0.2, 0.25) is 0 Å². The van der Waals surface area contributed by atoms with Gasteiger partial charge in [-0.15, -0.1) is 0 Å². The summed E-state index contributed by atoms with van der Waals surface area (Å²) in [5.74, 6) is 2.61. The Morgan fingerprint density at radius 3 is 2.67 bits per heavy atom. The monoisotopic (exact) mass is 325 g/mol. The van der Waals surface area contributed by atoms with Gasteiger partial charge in [-0.1, -0.05) is 0 Å². The minimum Gasteiger partial charge on any atom is -0.504 e. The van der Waals surface area contributed by atoms with Crippen LogP contribution < -0.4 is 14.2 Å². The van der Waals surface area contributed by atoms with E-state index in [1.165, 1.54) is 22.3 Å². The molecule has 124 valence electrons. The fourth-order valence-electron chi connectivity index (χ4n) is 4.35. The van der Waals surface area contributed by atoms with E-state index >= 15 is 0 Å². The third-order valence-electron chi connectivity index (χ3n) is 5.54. The maximum Gasteiger partial charge on any atom is 0.231 e. The van der Waals surface area contributed by atoms with Crippen LogP contribution in [0, 0.1) is 0 Å². The van der Waals surface area contributed by atoms with E-state index in [9.17, 15) is 5.11 Å². The number of likely N-dealkylation sites (N-methyl/N-ethyl adjacent to an activating group) is 1. The lowest BCUT2D eigenvalue weighted by molar-refractivity contribution is 0.173. The standard InChI is InChI=1S/C19H19NO4/c1-20-8-14-11-6-19-18(23-9-24-19)4-10(11)3-15(20)13-7-17(22-2)16(21)5-12(13)14/h4-7,14-15,21H,3,8-9H2,1-2H3. The number of phenolic OH excluding ortho intramolecular Hbond substituents is 1. The summed E-state index contributed by atoms with van der Waals surface area (Å²) >= 11 is 0. The predicted molar refractivity (Wildman–Crippen MR) is 88.1 cm³/mol. The van der Waals surface area contributed by atoms with Crippen molar-refractivity contribution in [2.45, 2.75) is 18.4 Å². The lowest BCUT2D eigenvalue weighted by atomic mass is 9.84. The summed E-state index contributed by atoms with van der Waals surface area (Å²) in [6.07, 6.45) is 0.917. The molecule has 5 nitrogen and oxygen atoms in total. The van der Waals surface area contributed by atoms with Gasteiger partial charge in [-0.25, -0.2) is 0 Å². The maximum atomic E-state index is 10.3. The van der Waals surface area contributed by atoms with Gasteiger partial charge in [0.05, 0.1) is 7.11 Å². The smallest absolute Gasteiger partial charge is 0.231 e. The zero-order valence-electron chi connectivity index (χ0n) is 13.7. The highest BCUT2D eigenvalue weighted by Gasteiger charge is 2.39. The van der Waals surface area contributed by atoms with Crippen LogP contribution in [0.3, 0.4) is 0 Å². The summed E-state index contributed by atoms with van der Waals surface area (Å²) in [4.78, 5) is 2.39. The summed E-state index contributed by atoms with van der Waals surface area (Å²) in [6.45, 7) is 1.22. The lowest BCUT2D eigenvalue weighted by Gasteiger charge is -2.36. The molecule has 3 aliphatic heterocycles. The number of ether oxygens (including phenoxy) is 3. The normalized spacial score (nSPS) is 23.6. The van der Waals surface area contributed by atoms with Crippen LogP contribution in [0.25, 0.3) is 0 Å². The molecule has 24 heavy (non-hydrogen) atoms. The first-order valence-corrected chi connectivity index (χ1v) is 8.19. The van der Waals surface area contributed by atoms with Crippen LogP contribution in [-0.2, 0) is 6.42 Å². The topological polar surface area (TPSA) is 51.2 Å². The molecule has 0 fully saturated rings. The number of benzene rings is 2. The molecule has 3 heterocycles. The van der Waals surface area contributed by atoms with Gasteiger partial charge in [0.1, 0.15) is 0 Å². The van der Waals surface area contributed by atoms with Gasteiger partial charge in [-0.3, -0.25) is 4.90 Å². The van der Waals surface area contributed by atoms with Crippen LogP contribution in [0.5, 0.6) is 23.0 Å². The molecule has 4 aliphatic rings. The van der Waals surface area contributed by atoms with Gasteiger partial charge in [0.15, 0.2) is 23.0 Å². The number of hydrogen-bond acceptors (Lipinski definition) is 5. The highest BCUT2D eigenvalue weighted by molar-refractivity contribution is 5.59. The van der Waals surface area contributed by atoms with Crippen LogP contribution in [-0.4, -0.2) is 37.5 Å². The zero-order chi connectivity index (χ0) is 16.4. The Hall–Kier alpha value is -2.40. The van der Waals surface area contributed by atoms with Gasteiger partial charge in [0, 0.05) is 18.5 Å². The molecular formula is C19H19NO4. The van der Waals surface area contributed by atoms with Crippen molar-refractivity contribution in [2.24, 2.45) is 0 Å². The van der Waals surface area contributed by atoms with E-state index in [1.54, 1.807) is 7.11 Å². The summed E-state index contributed by atoms with van der Waals surface area (Å²) in [5, 5.41) is 10.3. The van der Waals surface area contributed by atoms with E-state index in [2.05, 4.69) is 24.1 Å². The van der Waals surface area contributed by atoms with Gasteiger partial charge in [0.2, 0.25) is 6.79 Å². The Morgan fingerprint density at radius 1 is 1.08 bits per heavy atom. The molecule has 2 unspecified atom stereocenters. The Labute approximate surface area is 140 Å². The highest BCUT2D eigenvalue weighted by atomic mass is 16.7. The average Bonchev–Trinajstić information content (AvgIpc) is 2.93. The molecule has 2 atom stereocenters. The number of fused-ring (bicyclic) bond motifs is 2. The van der Waals surface area contributed by atoms with Gasteiger partial charge in [-0.2, -0.15) is 0 Å². The summed E-state index contributed by atoms with van der Waals surface area (Å²) < 4.78 is 16.5. The summed E-state index contributed by atoms with van der Waals surface area (Å²) in [6, 6.07) is 8.38. The third kappa shape index (κ3) is 1.79. The molecule has 1 N–H and O–H groups in total. The molecule has 0 amide bonds. The molecule has 1 aliphatic carbocycles. The molecule has 2 bridgehead atoms. The summed E-state index contributed by atoms with van der Waals surface area (Å²) in [5.41, 5.74) is 5.00. The molecule has 0 spiro atoms. The van der Waals surface area contributed by atoms with E-state index in [0.29, 0.717) is 12.5 Å². The number of methoxy groups -OCH3 is 1. The number of phenols is 1. The minimum atomic E-state index is 0.203. The van der Waals surface area contributed by atoms with Crippen molar-refractivity contribution in [1.82, 2.24) is 4.90 Å². The SMILES string of the molecule is COc1cc2c(cc1O)C1CN(C)C2Cc2cc3c(cc21)OCO3. The van der Waals surface area contributed by atoms with E-state index in [1.807, 2.05) is 12.1 Å². The number of hydrogen-bond donors (Lipinski definition) is 1. The second kappa shape index (κ2) is 4.80. The second-order valence-electron chi connectivity index (χ2n) is 6.77. The number of rotatable bonds is 1. The summed E-state index contributed by atoms with van der Waals surface area (Å²) in [7, 11) is 3.75. The van der Waals surface area contributed by atoms with Crippen molar-refractivity contribution in [3.05, 3.63) is 46.5 Å². The molecule has 5 heteroatoms. The van der Waals surface area contributed by atoms with Crippen molar-refractivity contribution in [3.8, 4) is 23.0 Å². The number of nitrogens with zero attached hydrogens (tertiary/aromatic N) is 1. The Bertz CT molecular complexity index is 848. The van der Waals surface area contributed by atoms with Crippen molar-refractivity contribution in [2.75, 3.05) is 27.5 Å². The highest BCUT2D eigenvalue weighted by Crippen LogP contribution is 2.50. The average molecular weight is 325 g/mol. The van der Waals surface area contributed by atoms with Crippen molar-refractivity contribution in [3.63, 3.8) is 0 Å². The molecule has 0 saturated carbocycles. The van der Waals surface area contributed by atoms with Crippen molar-refractivity contribution >= 4 is 0 Å². The van der Waals surface area contributed by atoms with Gasteiger partial charge < -0.3 is 19.3 Å². The molecule has 0 aromatic heterocycles. The van der Waals surface area contributed by atoms with Crippen LogP contribution in [0.1, 0.15) is 34.2 Å². The third-order valence-corrected chi connectivity index (χ3v) is 5.54. The quantitative estimate of drug-likeness (QED) is 0.874. The molecule has 0 radical (unpaired) electrons. The Morgan fingerprint density at radius 2 is 1.88 bits per heavy atom. The van der Waals surface area contributed by atoms with E-state index < -0.39 is 0 Å². The van der Waals surface area contributed by atoms with Crippen LogP contribution >= 0.6 is 0 Å². The first kappa shape index (κ1) is 14.0. The van der Waals surface area contributed by atoms with Crippen LogP contribution in [0.4, 0.5) is 0 Å². The van der Waals surface area contributed by atoms with Gasteiger partial charge in [0.25, 0.3) is 0 Å². The molecule has 2 aromatic carbocycles.